The fraction of sp³-hybridized carbons (Fsp3) is 0.727. The molecule has 1 rings (SSSR count). The van der Waals surface area contributed by atoms with Crippen LogP contribution in [0.1, 0.15) is 32.5 Å². The summed E-state index contributed by atoms with van der Waals surface area (Å²) >= 11 is 5.80. The Labute approximate surface area is 97.0 Å². The van der Waals surface area contributed by atoms with Crippen LogP contribution in [0.5, 0.6) is 0 Å². The van der Waals surface area contributed by atoms with E-state index in [0.29, 0.717) is 18.0 Å². The molecule has 0 saturated heterocycles. The van der Waals surface area contributed by atoms with Crippen molar-refractivity contribution in [2.75, 3.05) is 12.9 Å². The molecule has 3 nitrogen and oxygen atoms in total. The summed E-state index contributed by atoms with van der Waals surface area (Å²) in [7, 11) is 2.07. The summed E-state index contributed by atoms with van der Waals surface area (Å²) < 4.78 is 1.98. The molecule has 0 fully saturated rings. The fourth-order valence-electron chi connectivity index (χ4n) is 1.28. The van der Waals surface area contributed by atoms with Crippen molar-refractivity contribution in [3.63, 3.8) is 0 Å². The van der Waals surface area contributed by atoms with Gasteiger partial charge in [-0.1, -0.05) is 0 Å². The molecule has 86 valence electrons. The number of aromatic nitrogens is 2. The Balaban J connectivity index is 2.57. The molecule has 0 aliphatic heterocycles. The molecule has 1 aromatic rings. The Bertz CT molecular complexity index is 296. The highest BCUT2D eigenvalue weighted by molar-refractivity contribution is 6.18. The van der Waals surface area contributed by atoms with Crippen LogP contribution in [0.4, 0.5) is 0 Å². The second-order valence-electron chi connectivity index (χ2n) is 4.30. The molecule has 0 bridgehead atoms. The van der Waals surface area contributed by atoms with Crippen molar-refractivity contribution < 1.29 is 0 Å². The van der Waals surface area contributed by atoms with E-state index in [1.54, 1.807) is 0 Å². The number of hydrogen-bond donors (Lipinski definition) is 0. The summed E-state index contributed by atoms with van der Waals surface area (Å²) in [6.45, 7) is 7.23. The van der Waals surface area contributed by atoms with Crippen molar-refractivity contribution in [2.45, 2.75) is 39.4 Å². The zero-order chi connectivity index (χ0) is 11.4. The minimum atomic E-state index is 0.385. The van der Waals surface area contributed by atoms with Crippen LogP contribution in [-0.2, 0) is 6.54 Å². The Morgan fingerprint density at radius 3 is 2.60 bits per heavy atom. The molecule has 15 heavy (non-hydrogen) atoms. The Morgan fingerprint density at radius 1 is 1.47 bits per heavy atom. The number of halogens is 1. The first kappa shape index (κ1) is 12.5. The van der Waals surface area contributed by atoms with Crippen molar-refractivity contribution in [1.82, 2.24) is 14.7 Å². The highest BCUT2D eigenvalue weighted by atomic mass is 35.5. The predicted octanol–water partition coefficient (Wildman–Crippen LogP) is 2.52. The average Bonchev–Trinajstić information content (AvgIpc) is 2.65. The van der Waals surface area contributed by atoms with Crippen molar-refractivity contribution >= 4 is 11.6 Å². The third-order valence-electron chi connectivity index (χ3n) is 2.58. The van der Waals surface area contributed by atoms with Gasteiger partial charge in [0.05, 0.1) is 5.69 Å². The van der Waals surface area contributed by atoms with Gasteiger partial charge in [0.15, 0.2) is 0 Å². The van der Waals surface area contributed by atoms with Crippen LogP contribution in [0.2, 0.25) is 0 Å². The summed E-state index contributed by atoms with van der Waals surface area (Å²) in [6, 6.07) is 2.88. The normalized spacial score (nSPS) is 13.8. The third kappa shape index (κ3) is 3.50. The molecule has 1 heterocycles. The van der Waals surface area contributed by atoms with Gasteiger partial charge in [-0.2, -0.15) is 5.10 Å². The molecule has 1 atom stereocenters. The van der Waals surface area contributed by atoms with Crippen LogP contribution in [0.15, 0.2) is 12.3 Å². The molecule has 0 amide bonds. The van der Waals surface area contributed by atoms with Gasteiger partial charge >= 0.3 is 0 Å². The molecule has 0 radical (unpaired) electrons. The van der Waals surface area contributed by atoms with Gasteiger partial charge in [-0.25, -0.2) is 0 Å². The topological polar surface area (TPSA) is 21.1 Å². The molecule has 0 aliphatic carbocycles. The second kappa shape index (κ2) is 5.52. The Hall–Kier alpha value is -0.540. The lowest BCUT2D eigenvalue weighted by molar-refractivity contribution is 0.264. The first-order valence-electron chi connectivity index (χ1n) is 5.34. The van der Waals surface area contributed by atoms with E-state index in [4.69, 9.17) is 11.6 Å². The molecule has 0 N–H and O–H groups in total. The van der Waals surface area contributed by atoms with E-state index in [1.165, 1.54) is 0 Å². The van der Waals surface area contributed by atoms with E-state index < -0.39 is 0 Å². The molecule has 0 aliphatic rings. The van der Waals surface area contributed by atoms with Gasteiger partial charge in [-0.15, -0.1) is 11.6 Å². The first-order valence-corrected chi connectivity index (χ1v) is 5.88. The number of alkyl halides is 1. The molecule has 0 saturated carbocycles. The highest BCUT2D eigenvalue weighted by Gasteiger charge is 2.10. The van der Waals surface area contributed by atoms with Crippen LogP contribution < -0.4 is 0 Å². The summed E-state index contributed by atoms with van der Waals surface area (Å²) in [5.41, 5.74) is 1.10. The highest BCUT2D eigenvalue weighted by Crippen LogP contribution is 2.08. The average molecular weight is 230 g/mol. The van der Waals surface area contributed by atoms with E-state index in [1.807, 2.05) is 10.9 Å². The molecular weight excluding hydrogens is 210 g/mol. The van der Waals surface area contributed by atoms with Gasteiger partial charge in [0.25, 0.3) is 0 Å². The SMILES string of the molecule is CC(CCl)N(C)Cc1ccn(C(C)C)n1. The van der Waals surface area contributed by atoms with E-state index >= 15 is 0 Å². The van der Waals surface area contributed by atoms with Crippen LogP contribution in [0.25, 0.3) is 0 Å². The zero-order valence-electron chi connectivity index (χ0n) is 9.94. The molecule has 4 heteroatoms. The van der Waals surface area contributed by atoms with Crippen molar-refractivity contribution in [3.8, 4) is 0 Å². The monoisotopic (exact) mass is 229 g/mol. The van der Waals surface area contributed by atoms with Gasteiger partial charge < -0.3 is 0 Å². The summed E-state index contributed by atoms with van der Waals surface area (Å²) in [6.07, 6.45) is 2.03. The van der Waals surface area contributed by atoms with Crippen LogP contribution in [0, 0.1) is 0 Å². The van der Waals surface area contributed by atoms with E-state index in [0.717, 1.165) is 12.2 Å². The fourth-order valence-corrected chi connectivity index (χ4v) is 1.51. The largest absolute Gasteiger partial charge is 0.297 e. The van der Waals surface area contributed by atoms with Gasteiger partial charge in [-0.3, -0.25) is 9.58 Å². The maximum atomic E-state index is 5.80. The summed E-state index contributed by atoms with van der Waals surface area (Å²) in [5.74, 6) is 0.654. The van der Waals surface area contributed by atoms with Crippen LogP contribution in [0.3, 0.4) is 0 Å². The maximum absolute atomic E-state index is 5.80. The Morgan fingerprint density at radius 2 is 2.13 bits per heavy atom. The lowest BCUT2D eigenvalue weighted by Crippen LogP contribution is -2.30. The molecule has 1 unspecified atom stereocenters. The van der Waals surface area contributed by atoms with Gasteiger partial charge in [0.2, 0.25) is 0 Å². The minimum Gasteiger partial charge on any atom is -0.297 e. The van der Waals surface area contributed by atoms with Crippen molar-refractivity contribution in [1.29, 1.82) is 0 Å². The molecule has 0 aromatic carbocycles. The van der Waals surface area contributed by atoms with E-state index in [2.05, 4.69) is 43.9 Å². The second-order valence-corrected chi connectivity index (χ2v) is 4.61. The van der Waals surface area contributed by atoms with E-state index in [-0.39, 0.29) is 0 Å². The van der Waals surface area contributed by atoms with Crippen molar-refractivity contribution in [3.05, 3.63) is 18.0 Å². The maximum Gasteiger partial charge on any atom is 0.0764 e. The summed E-state index contributed by atoms with van der Waals surface area (Å²) in [5, 5.41) is 4.50. The Kier molecular flexibility index (Phi) is 4.61. The van der Waals surface area contributed by atoms with Gasteiger partial charge in [0.1, 0.15) is 0 Å². The smallest absolute Gasteiger partial charge is 0.0764 e. The van der Waals surface area contributed by atoms with Crippen LogP contribution in [-0.4, -0.2) is 33.6 Å². The van der Waals surface area contributed by atoms with E-state index in [9.17, 15) is 0 Å². The van der Waals surface area contributed by atoms with Crippen LogP contribution >= 0.6 is 11.6 Å². The van der Waals surface area contributed by atoms with Gasteiger partial charge in [0, 0.05) is 30.7 Å². The quantitative estimate of drug-likeness (QED) is 0.724. The molecule has 1 aromatic heterocycles. The van der Waals surface area contributed by atoms with Gasteiger partial charge in [-0.05, 0) is 33.9 Å². The lowest BCUT2D eigenvalue weighted by Gasteiger charge is -2.21. The molecule has 0 spiro atoms. The third-order valence-corrected chi connectivity index (χ3v) is 3.03. The number of rotatable bonds is 5. The van der Waals surface area contributed by atoms with Crippen molar-refractivity contribution in [2.24, 2.45) is 0 Å². The number of nitrogens with zero attached hydrogens (tertiary/aromatic N) is 3. The zero-order valence-corrected chi connectivity index (χ0v) is 10.7. The standard InChI is InChI=1S/C11H20ClN3/c1-9(2)15-6-5-11(13-15)8-14(4)10(3)7-12/h5-6,9-10H,7-8H2,1-4H3. The summed E-state index contributed by atoms with van der Waals surface area (Å²) in [4.78, 5) is 2.21. The lowest BCUT2D eigenvalue weighted by atomic mass is 10.3. The molecular formula is C11H20ClN3. The first-order chi connectivity index (χ1) is 7.04. The minimum absolute atomic E-state index is 0.385. The predicted molar refractivity (Wildman–Crippen MR) is 64.3 cm³/mol. The number of hydrogen-bond acceptors (Lipinski definition) is 2.